The molecule has 5 rings (SSSR count). The largest absolute Gasteiger partial charge is 0.305 e. The normalized spacial score (nSPS) is 11.4. The first kappa shape index (κ1) is 21.1. The first-order chi connectivity index (χ1) is 16.3. The molecule has 0 unspecified atom stereocenters. The summed E-state index contributed by atoms with van der Waals surface area (Å²) in [5.41, 5.74) is 4.70. The molecule has 162 valence electrons. The van der Waals surface area contributed by atoms with Gasteiger partial charge in [-0.15, -0.1) is 0 Å². The summed E-state index contributed by atoms with van der Waals surface area (Å²) in [6.07, 6.45) is 5.37. The molecule has 33 heavy (non-hydrogen) atoms. The molecule has 0 saturated heterocycles. The van der Waals surface area contributed by atoms with Crippen LogP contribution in [-0.4, -0.2) is 19.5 Å². The monoisotopic (exact) mass is 452 g/mol. The molecule has 2 aromatic heterocycles. The van der Waals surface area contributed by atoms with Crippen LogP contribution in [0.3, 0.4) is 0 Å². The van der Waals surface area contributed by atoms with Gasteiger partial charge in [0.2, 0.25) is 0 Å². The van der Waals surface area contributed by atoms with E-state index in [1.54, 1.807) is 24.2 Å². The summed E-state index contributed by atoms with van der Waals surface area (Å²) in [5.74, 6) is 1.29. The number of fused-ring (bicyclic) bond motifs is 1. The molecule has 3 aromatic carbocycles. The van der Waals surface area contributed by atoms with Crippen LogP contribution in [0.5, 0.6) is 0 Å². The van der Waals surface area contributed by atoms with Gasteiger partial charge in [0.05, 0.1) is 6.54 Å². The van der Waals surface area contributed by atoms with Gasteiger partial charge in [-0.3, -0.25) is 0 Å². The van der Waals surface area contributed by atoms with Crippen molar-refractivity contribution in [2.45, 2.75) is 17.3 Å². The Hall–Kier alpha value is -3.77. The van der Waals surface area contributed by atoms with E-state index in [1.165, 1.54) is 17.7 Å². The number of rotatable bonds is 7. The van der Waals surface area contributed by atoms with Crippen LogP contribution in [0, 0.1) is 5.82 Å². The fraction of sp³-hybridized carbons (Fsp3) is 0.0741. The number of nitrogens with zero attached hydrogens (tertiary/aromatic N) is 4. The predicted octanol–water partition coefficient (Wildman–Crippen LogP) is 6.48. The van der Waals surface area contributed by atoms with Crippen molar-refractivity contribution in [1.82, 2.24) is 19.5 Å². The Kier molecular flexibility index (Phi) is 6.26. The molecule has 0 spiro atoms. The third kappa shape index (κ3) is 5.02. The molecule has 0 N–H and O–H groups in total. The van der Waals surface area contributed by atoms with Crippen LogP contribution in [0.1, 0.15) is 22.5 Å². The molecule has 4 nitrogen and oxygen atoms in total. The Morgan fingerprint density at radius 2 is 1.58 bits per heavy atom. The fourth-order valence-corrected chi connectivity index (χ4v) is 4.49. The zero-order valence-electron chi connectivity index (χ0n) is 17.8. The molecule has 0 amide bonds. The minimum atomic E-state index is -0.264. The standard InChI is InChI=1S/C27H21FN4S/c28-23-13-7-12-20(16-23)14-15-24-31-25-26(32(24)17-21-8-3-1-4-9-21)29-19-30-27(25)33-18-22-10-5-2-6-11-22/h1-16,19H,17-18H2/b15-14+. The molecule has 0 aliphatic rings. The third-order valence-electron chi connectivity index (χ3n) is 5.20. The Morgan fingerprint density at radius 1 is 0.818 bits per heavy atom. The molecular formula is C27H21FN4S. The van der Waals surface area contributed by atoms with E-state index in [2.05, 4.69) is 38.8 Å². The Bertz CT molecular complexity index is 1400. The van der Waals surface area contributed by atoms with E-state index < -0.39 is 0 Å². The van der Waals surface area contributed by atoms with Crippen LogP contribution in [0.4, 0.5) is 4.39 Å². The van der Waals surface area contributed by atoms with E-state index in [9.17, 15) is 4.39 Å². The van der Waals surface area contributed by atoms with Gasteiger partial charge in [-0.25, -0.2) is 19.3 Å². The predicted molar refractivity (Wildman–Crippen MR) is 132 cm³/mol. The Morgan fingerprint density at radius 3 is 2.33 bits per heavy atom. The third-order valence-corrected chi connectivity index (χ3v) is 6.25. The van der Waals surface area contributed by atoms with E-state index in [1.807, 2.05) is 54.6 Å². The first-order valence-corrected chi connectivity index (χ1v) is 11.6. The fourth-order valence-electron chi connectivity index (χ4n) is 3.59. The zero-order valence-corrected chi connectivity index (χ0v) is 18.6. The molecule has 0 fully saturated rings. The number of aromatic nitrogens is 4. The van der Waals surface area contributed by atoms with Gasteiger partial charge in [-0.2, -0.15) is 0 Å². The van der Waals surface area contributed by atoms with Crippen molar-refractivity contribution in [3.63, 3.8) is 0 Å². The summed E-state index contributed by atoms with van der Waals surface area (Å²) < 4.78 is 15.7. The molecule has 5 aromatic rings. The average molecular weight is 453 g/mol. The summed E-state index contributed by atoms with van der Waals surface area (Å²) in [6, 6.07) is 27.0. The van der Waals surface area contributed by atoms with Crippen molar-refractivity contribution in [2.24, 2.45) is 0 Å². The quantitative estimate of drug-likeness (QED) is 0.209. The highest BCUT2D eigenvalue weighted by atomic mass is 32.2. The molecule has 0 radical (unpaired) electrons. The Labute approximate surface area is 195 Å². The summed E-state index contributed by atoms with van der Waals surface area (Å²) in [5, 5.41) is 0.844. The second-order valence-electron chi connectivity index (χ2n) is 7.56. The first-order valence-electron chi connectivity index (χ1n) is 10.6. The molecule has 0 atom stereocenters. The molecule has 0 bridgehead atoms. The van der Waals surface area contributed by atoms with Gasteiger partial charge in [0, 0.05) is 5.75 Å². The molecular weight excluding hydrogens is 431 g/mol. The molecule has 0 aliphatic heterocycles. The van der Waals surface area contributed by atoms with Crippen molar-refractivity contribution in [3.05, 3.63) is 120 Å². The number of thioether (sulfide) groups is 1. The van der Waals surface area contributed by atoms with Crippen LogP contribution in [0.15, 0.2) is 96.3 Å². The van der Waals surface area contributed by atoms with Gasteiger partial charge in [-0.05, 0) is 34.9 Å². The summed E-state index contributed by atoms with van der Waals surface area (Å²) in [6.45, 7) is 0.625. The maximum Gasteiger partial charge on any atom is 0.165 e. The Balaban J connectivity index is 1.54. The maximum atomic E-state index is 13.6. The van der Waals surface area contributed by atoms with E-state index in [0.717, 1.165) is 38.9 Å². The number of hydrogen-bond donors (Lipinski definition) is 0. The van der Waals surface area contributed by atoms with Crippen LogP contribution in [0.25, 0.3) is 23.3 Å². The number of benzene rings is 3. The zero-order chi connectivity index (χ0) is 22.5. The molecule has 0 saturated carbocycles. The topological polar surface area (TPSA) is 43.6 Å². The lowest BCUT2D eigenvalue weighted by atomic mass is 10.2. The van der Waals surface area contributed by atoms with Crippen molar-refractivity contribution in [3.8, 4) is 0 Å². The van der Waals surface area contributed by atoms with Crippen LogP contribution in [-0.2, 0) is 12.3 Å². The van der Waals surface area contributed by atoms with Crippen LogP contribution >= 0.6 is 11.8 Å². The summed E-state index contributed by atoms with van der Waals surface area (Å²) >= 11 is 1.65. The van der Waals surface area contributed by atoms with Crippen molar-refractivity contribution in [1.29, 1.82) is 0 Å². The number of hydrogen-bond acceptors (Lipinski definition) is 4. The smallest absolute Gasteiger partial charge is 0.165 e. The van der Waals surface area contributed by atoms with Gasteiger partial charge < -0.3 is 4.57 Å². The van der Waals surface area contributed by atoms with Crippen LogP contribution < -0.4 is 0 Å². The minimum absolute atomic E-state index is 0.264. The van der Waals surface area contributed by atoms with Crippen molar-refractivity contribution < 1.29 is 4.39 Å². The number of imidazole rings is 1. The van der Waals surface area contributed by atoms with Gasteiger partial charge in [-0.1, -0.05) is 90.6 Å². The van der Waals surface area contributed by atoms with Crippen molar-refractivity contribution >= 4 is 35.1 Å². The highest BCUT2D eigenvalue weighted by Crippen LogP contribution is 2.28. The van der Waals surface area contributed by atoms with E-state index >= 15 is 0 Å². The van der Waals surface area contributed by atoms with Gasteiger partial charge in [0.1, 0.15) is 28.5 Å². The summed E-state index contributed by atoms with van der Waals surface area (Å²) in [7, 11) is 0. The van der Waals surface area contributed by atoms with E-state index in [4.69, 9.17) is 4.98 Å². The lowest BCUT2D eigenvalue weighted by Crippen LogP contribution is -2.03. The summed E-state index contributed by atoms with van der Waals surface area (Å²) in [4.78, 5) is 14.0. The lowest BCUT2D eigenvalue weighted by Gasteiger charge is -2.07. The SMILES string of the molecule is Fc1cccc(/C=C/c2nc3c(SCc4ccccc4)ncnc3n2Cc2ccccc2)c1. The van der Waals surface area contributed by atoms with Crippen molar-refractivity contribution in [2.75, 3.05) is 0 Å². The highest BCUT2D eigenvalue weighted by molar-refractivity contribution is 7.98. The average Bonchev–Trinajstić information content (AvgIpc) is 3.20. The second-order valence-corrected chi connectivity index (χ2v) is 8.52. The minimum Gasteiger partial charge on any atom is -0.305 e. The van der Waals surface area contributed by atoms with Gasteiger partial charge in [0.15, 0.2) is 5.65 Å². The molecule has 2 heterocycles. The number of halogens is 1. The van der Waals surface area contributed by atoms with E-state index in [-0.39, 0.29) is 5.82 Å². The van der Waals surface area contributed by atoms with Crippen LogP contribution in [0.2, 0.25) is 0 Å². The lowest BCUT2D eigenvalue weighted by molar-refractivity contribution is 0.627. The molecule has 6 heteroatoms. The van der Waals surface area contributed by atoms with E-state index in [0.29, 0.717) is 6.54 Å². The highest BCUT2D eigenvalue weighted by Gasteiger charge is 2.15. The second kappa shape index (κ2) is 9.79. The molecule has 0 aliphatic carbocycles. The maximum absolute atomic E-state index is 13.6. The van der Waals surface area contributed by atoms with Gasteiger partial charge >= 0.3 is 0 Å². The van der Waals surface area contributed by atoms with Gasteiger partial charge in [0.25, 0.3) is 0 Å².